The maximum Gasteiger partial charge on any atom is 0.490 e. The van der Waals surface area contributed by atoms with Crippen LogP contribution in [-0.4, -0.2) is 41.4 Å². The highest BCUT2D eigenvalue weighted by molar-refractivity contribution is 5.87. The fourth-order valence-corrected chi connectivity index (χ4v) is 2.78. The highest BCUT2D eigenvalue weighted by Gasteiger charge is 2.38. The van der Waals surface area contributed by atoms with Gasteiger partial charge in [0.2, 0.25) is 0 Å². The van der Waals surface area contributed by atoms with Gasteiger partial charge in [0.15, 0.2) is 0 Å². The van der Waals surface area contributed by atoms with Crippen LogP contribution in [-0.2, 0) is 11.2 Å². The highest BCUT2D eigenvalue weighted by atomic mass is 19.4. The molecule has 2 aromatic rings. The van der Waals surface area contributed by atoms with Crippen LogP contribution in [0.4, 0.5) is 13.2 Å². The normalized spacial score (nSPS) is 15.2. The summed E-state index contributed by atoms with van der Waals surface area (Å²) in [6.07, 6.45) is 2.22. The molecule has 142 valence electrons. The molecule has 8 heteroatoms. The average Bonchev–Trinajstić information content (AvgIpc) is 2.62. The zero-order valence-electron chi connectivity index (χ0n) is 14.3. The molecule has 1 aromatic carbocycles. The topological polar surface area (TPSA) is 71.5 Å². The van der Waals surface area contributed by atoms with E-state index in [1.165, 1.54) is 16.3 Å². The Morgan fingerprint density at radius 3 is 2.54 bits per heavy atom. The minimum Gasteiger partial charge on any atom is -0.490 e. The second-order valence-corrected chi connectivity index (χ2v) is 5.86. The molecule has 0 bridgehead atoms. The second-order valence-electron chi connectivity index (χ2n) is 5.86. The molecule has 26 heavy (non-hydrogen) atoms. The zero-order chi connectivity index (χ0) is 19.2. The number of fused-ring (bicyclic) bond motifs is 1. The maximum absolute atomic E-state index is 10.6. The number of hydrogen-bond donors (Lipinski definition) is 2. The standard InChI is InChI=1S/C16H20N2O.C2HF3O2/c1-2-14-15-7-10-18-11-12(15)3-4-16(14)19-13-5-8-17-9-6-13;3-2(4,5)1(6)7/h3-4,7,10-11,13,17H,2,5-6,8-9H2,1H3;(H,6,7). The van der Waals surface area contributed by atoms with Crippen LogP contribution in [0.15, 0.2) is 30.6 Å². The first-order valence-electron chi connectivity index (χ1n) is 8.36. The van der Waals surface area contributed by atoms with E-state index in [0.717, 1.165) is 38.1 Å². The van der Waals surface area contributed by atoms with Crippen molar-refractivity contribution >= 4 is 16.7 Å². The van der Waals surface area contributed by atoms with Crippen LogP contribution in [0, 0.1) is 0 Å². The predicted octanol–water partition coefficient (Wildman–Crippen LogP) is 3.56. The molecule has 0 spiro atoms. The van der Waals surface area contributed by atoms with Crippen molar-refractivity contribution in [3.8, 4) is 5.75 Å². The second kappa shape index (κ2) is 8.84. The lowest BCUT2D eigenvalue weighted by Crippen LogP contribution is -2.34. The largest absolute Gasteiger partial charge is 0.490 e. The van der Waals surface area contributed by atoms with Crippen molar-refractivity contribution in [3.05, 3.63) is 36.2 Å². The zero-order valence-corrected chi connectivity index (χ0v) is 14.3. The van der Waals surface area contributed by atoms with Gasteiger partial charge in [0.05, 0.1) is 0 Å². The lowest BCUT2D eigenvalue weighted by atomic mass is 10.0. The molecule has 1 saturated heterocycles. The van der Waals surface area contributed by atoms with Crippen molar-refractivity contribution in [2.75, 3.05) is 13.1 Å². The van der Waals surface area contributed by atoms with E-state index in [0.29, 0.717) is 6.10 Å². The molecular formula is C18H21F3N2O3. The Morgan fingerprint density at radius 1 is 1.31 bits per heavy atom. The van der Waals surface area contributed by atoms with Crippen molar-refractivity contribution in [1.29, 1.82) is 0 Å². The smallest absolute Gasteiger partial charge is 0.490 e. The molecule has 0 unspecified atom stereocenters. The van der Waals surface area contributed by atoms with Crippen molar-refractivity contribution in [2.24, 2.45) is 0 Å². The van der Waals surface area contributed by atoms with E-state index in [9.17, 15) is 13.2 Å². The molecule has 0 radical (unpaired) electrons. The molecule has 0 atom stereocenters. The molecule has 0 saturated carbocycles. The Balaban J connectivity index is 0.000000298. The Morgan fingerprint density at radius 2 is 1.96 bits per heavy atom. The quantitative estimate of drug-likeness (QED) is 0.864. The summed E-state index contributed by atoms with van der Waals surface area (Å²) in [5.74, 6) is -1.71. The predicted molar refractivity (Wildman–Crippen MR) is 91.3 cm³/mol. The van der Waals surface area contributed by atoms with Gasteiger partial charge < -0.3 is 15.2 Å². The number of nitrogens with zero attached hydrogens (tertiary/aromatic N) is 1. The molecule has 1 aromatic heterocycles. The van der Waals surface area contributed by atoms with Gasteiger partial charge in [-0.15, -0.1) is 0 Å². The van der Waals surface area contributed by atoms with Crippen LogP contribution in [0.3, 0.4) is 0 Å². The molecular weight excluding hydrogens is 349 g/mol. The lowest BCUT2D eigenvalue weighted by Gasteiger charge is -2.25. The number of aliphatic carboxylic acids is 1. The Kier molecular flexibility index (Phi) is 6.79. The van der Waals surface area contributed by atoms with Crippen LogP contribution in [0.1, 0.15) is 25.3 Å². The molecule has 1 aliphatic heterocycles. The SMILES string of the molecule is CCc1c(OC2CCNCC2)ccc2cnccc12.O=C(O)C(F)(F)F. The summed E-state index contributed by atoms with van der Waals surface area (Å²) in [5.41, 5.74) is 1.30. The van der Waals surface area contributed by atoms with Gasteiger partial charge in [-0.2, -0.15) is 13.2 Å². The number of aryl methyl sites for hydroxylation is 1. The van der Waals surface area contributed by atoms with Crippen molar-refractivity contribution in [2.45, 2.75) is 38.5 Å². The van der Waals surface area contributed by atoms with Gasteiger partial charge in [0, 0.05) is 23.3 Å². The molecule has 0 aliphatic carbocycles. The van der Waals surface area contributed by atoms with Gasteiger partial charge in [0.25, 0.3) is 0 Å². The van der Waals surface area contributed by atoms with Gasteiger partial charge in [-0.05, 0) is 55.9 Å². The van der Waals surface area contributed by atoms with Crippen LogP contribution in [0.25, 0.3) is 10.8 Å². The number of nitrogens with one attached hydrogen (secondary N) is 1. The van der Waals surface area contributed by atoms with Gasteiger partial charge in [0.1, 0.15) is 11.9 Å². The van der Waals surface area contributed by atoms with E-state index in [1.54, 1.807) is 0 Å². The molecule has 0 amide bonds. The molecule has 1 aliphatic rings. The third-order valence-corrected chi connectivity index (χ3v) is 4.06. The van der Waals surface area contributed by atoms with Gasteiger partial charge >= 0.3 is 12.1 Å². The number of benzene rings is 1. The number of halogens is 3. The monoisotopic (exact) mass is 370 g/mol. The first kappa shape index (κ1) is 20.0. The van der Waals surface area contributed by atoms with Crippen LogP contribution >= 0.6 is 0 Å². The number of carbonyl (C=O) groups is 1. The summed E-state index contributed by atoms with van der Waals surface area (Å²) < 4.78 is 38.0. The van der Waals surface area contributed by atoms with E-state index in [-0.39, 0.29) is 0 Å². The molecule has 5 nitrogen and oxygen atoms in total. The van der Waals surface area contributed by atoms with Gasteiger partial charge in [-0.25, -0.2) is 4.79 Å². The van der Waals surface area contributed by atoms with Crippen molar-refractivity contribution < 1.29 is 27.8 Å². The fourth-order valence-electron chi connectivity index (χ4n) is 2.78. The Labute approximate surface area is 149 Å². The molecule has 2 heterocycles. The number of piperidine rings is 1. The van der Waals surface area contributed by atoms with Gasteiger partial charge in [-0.3, -0.25) is 4.98 Å². The molecule has 2 N–H and O–H groups in total. The number of pyridine rings is 1. The van der Waals surface area contributed by atoms with Gasteiger partial charge in [-0.1, -0.05) is 6.92 Å². The number of rotatable bonds is 3. The summed E-state index contributed by atoms with van der Waals surface area (Å²) in [7, 11) is 0. The van der Waals surface area contributed by atoms with Crippen LogP contribution in [0.5, 0.6) is 5.75 Å². The number of carboxylic acids is 1. The van der Waals surface area contributed by atoms with E-state index in [1.807, 2.05) is 12.4 Å². The third kappa shape index (κ3) is 5.32. The number of carboxylic acid groups (broad SMARTS) is 1. The minimum atomic E-state index is -5.08. The number of aromatic nitrogens is 1. The molecule has 1 fully saturated rings. The molecule has 3 rings (SSSR count). The summed E-state index contributed by atoms with van der Waals surface area (Å²) >= 11 is 0. The highest BCUT2D eigenvalue weighted by Crippen LogP contribution is 2.29. The maximum atomic E-state index is 10.6. The Bertz CT molecular complexity index is 744. The van der Waals surface area contributed by atoms with Crippen molar-refractivity contribution in [1.82, 2.24) is 10.3 Å². The van der Waals surface area contributed by atoms with Crippen LogP contribution in [0.2, 0.25) is 0 Å². The summed E-state index contributed by atoms with van der Waals surface area (Å²) in [6, 6.07) is 6.30. The van der Waals surface area contributed by atoms with E-state index in [2.05, 4.69) is 35.4 Å². The van der Waals surface area contributed by atoms with Crippen molar-refractivity contribution in [3.63, 3.8) is 0 Å². The first-order valence-corrected chi connectivity index (χ1v) is 8.36. The number of ether oxygens (including phenoxy) is 1. The van der Waals surface area contributed by atoms with E-state index < -0.39 is 12.1 Å². The number of hydrogen-bond acceptors (Lipinski definition) is 4. The van der Waals surface area contributed by atoms with E-state index >= 15 is 0 Å². The average molecular weight is 370 g/mol. The summed E-state index contributed by atoms with van der Waals surface area (Å²) in [4.78, 5) is 13.1. The number of alkyl halides is 3. The van der Waals surface area contributed by atoms with Crippen LogP contribution < -0.4 is 10.1 Å². The lowest BCUT2D eigenvalue weighted by molar-refractivity contribution is -0.192. The summed E-state index contributed by atoms with van der Waals surface area (Å²) in [6.45, 7) is 4.30. The minimum absolute atomic E-state index is 0.353. The third-order valence-electron chi connectivity index (χ3n) is 4.06. The van der Waals surface area contributed by atoms with E-state index in [4.69, 9.17) is 14.6 Å². The first-order chi connectivity index (χ1) is 12.3. The fraction of sp³-hybridized carbons (Fsp3) is 0.444. The Hall–Kier alpha value is -2.35. The summed E-state index contributed by atoms with van der Waals surface area (Å²) in [5, 5.41) is 13.0.